The molecule has 2 atom stereocenters. The third kappa shape index (κ3) is 8.00. The molecule has 0 unspecified atom stereocenters. The van der Waals surface area contributed by atoms with E-state index in [-0.39, 0.29) is 18.4 Å². The first-order chi connectivity index (χ1) is 13.1. The number of carbonyl (C=O) groups excluding carboxylic acids is 1. The molecule has 0 saturated carbocycles. The summed E-state index contributed by atoms with van der Waals surface area (Å²) in [7, 11) is 0. The van der Waals surface area contributed by atoms with E-state index in [1.807, 2.05) is 23.2 Å². The van der Waals surface area contributed by atoms with Crippen molar-refractivity contribution in [3.8, 4) is 0 Å². The summed E-state index contributed by atoms with van der Waals surface area (Å²) in [6.45, 7) is 5.36. The van der Waals surface area contributed by atoms with Gasteiger partial charge in [-0.2, -0.15) is 0 Å². The van der Waals surface area contributed by atoms with Gasteiger partial charge in [0, 0.05) is 18.9 Å². The lowest BCUT2D eigenvalue weighted by Crippen LogP contribution is -2.33. The number of unbranched alkanes of at least 4 members (excludes halogenated alkanes) is 5. The minimum absolute atomic E-state index is 0.0857. The summed E-state index contributed by atoms with van der Waals surface area (Å²) >= 11 is 0. The van der Waals surface area contributed by atoms with Gasteiger partial charge < -0.3 is 10.0 Å². The van der Waals surface area contributed by atoms with E-state index < -0.39 is 6.10 Å². The van der Waals surface area contributed by atoms with Gasteiger partial charge in [-0.05, 0) is 36.8 Å². The normalized spacial score (nSPS) is 18.2. The summed E-state index contributed by atoms with van der Waals surface area (Å²) in [6.07, 6.45) is 14.8. The summed E-state index contributed by atoms with van der Waals surface area (Å²) < 4.78 is 0. The van der Waals surface area contributed by atoms with Crippen LogP contribution in [-0.2, 0) is 4.79 Å². The van der Waals surface area contributed by atoms with Gasteiger partial charge in [0.15, 0.2) is 0 Å². The van der Waals surface area contributed by atoms with Gasteiger partial charge in [0.1, 0.15) is 0 Å². The third-order valence-electron chi connectivity index (χ3n) is 5.62. The lowest BCUT2D eigenvalue weighted by molar-refractivity contribution is -0.134. The molecule has 2 heterocycles. The Morgan fingerprint density at radius 3 is 2.56 bits per heavy atom. The number of nitrogens with zero attached hydrogens (tertiary/aromatic N) is 2. The number of hydrogen-bond donors (Lipinski definition) is 1. The van der Waals surface area contributed by atoms with E-state index in [0.717, 1.165) is 50.1 Å². The number of aromatic nitrogens is 1. The van der Waals surface area contributed by atoms with Crippen LogP contribution in [0.2, 0.25) is 0 Å². The van der Waals surface area contributed by atoms with Gasteiger partial charge in [0.25, 0.3) is 0 Å². The largest absolute Gasteiger partial charge is 0.393 e. The predicted octanol–water partition coefficient (Wildman–Crippen LogP) is 5.27. The number of likely N-dealkylation sites (tertiary alicyclic amines) is 1. The Labute approximate surface area is 165 Å². The van der Waals surface area contributed by atoms with Gasteiger partial charge in [0.05, 0.1) is 18.6 Å². The highest BCUT2D eigenvalue weighted by Crippen LogP contribution is 2.32. The summed E-state index contributed by atoms with van der Waals surface area (Å²) in [6, 6.07) is 4.10. The van der Waals surface area contributed by atoms with Crippen molar-refractivity contribution in [3.63, 3.8) is 0 Å². The molecule has 0 aliphatic carbocycles. The molecule has 0 bridgehead atoms. The Balaban J connectivity index is 1.61. The highest BCUT2D eigenvalue weighted by atomic mass is 16.3. The maximum atomic E-state index is 12.6. The first kappa shape index (κ1) is 21.9. The molecule has 1 saturated heterocycles. The summed E-state index contributed by atoms with van der Waals surface area (Å²) in [4.78, 5) is 18.8. The summed E-state index contributed by atoms with van der Waals surface area (Å²) in [5, 5.41) is 10.3. The SMILES string of the molecule is CC(C)CCCCCCCC[C@H](O)CC(=O)N1CCC[C@H]1c1cccnc1. The molecule has 27 heavy (non-hydrogen) atoms. The highest BCUT2D eigenvalue weighted by Gasteiger charge is 2.30. The van der Waals surface area contributed by atoms with Crippen LogP contribution in [0.4, 0.5) is 0 Å². The molecule has 1 aliphatic heterocycles. The van der Waals surface area contributed by atoms with Gasteiger partial charge in [-0.1, -0.05) is 64.9 Å². The van der Waals surface area contributed by atoms with Crippen LogP contribution in [0.3, 0.4) is 0 Å². The molecular weight excluding hydrogens is 336 g/mol. The monoisotopic (exact) mass is 374 g/mol. The van der Waals surface area contributed by atoms with Gasteiger partial charge >= 0.3 is 0 Å². The first-order valence-electron chi connectivity index (χ1n) is 11.0. The standard InChI is InChI=1S/C23H38N2O2/c1-19(2)11-7-5-3-4-6-8-13-21(26)17-23(27)25-16-10-14-22(25)20-12-9-15-24-18-20/h9,12,15,18-19,21-22,26H,3-8,10-11,13-14,16-17H2,1-2H3/t21-,22-/m0/s1. The second-order valence-electron chi connectivity index (χ2n) is 8.48. The van der Waals surface area contributed by atoms with E-state index >= 15 is 0 Å². The molecule has 1 N–H and O–H groups in total. The second kappa shape index (κ2) is 12.1. The van der Waals surface area contributed by atoms with Crippen LogP contribution in [0, 0.1) is 5.92 Å². The van der Waals surface area contributed by atoms with Crippen molar-refractivity contribution in [2.75, 3.05) is 6.54 Å². The Morgan fingerprint density at radius 1 is 1.19 bits per heavy atom. The molecule has 1 aromatic heterocycles. The number of aliphatic hydroxyl groups excluding tert-OH is 1. The van der Waals surface area contributed by atoms with Crippen LogP contribution in [0.25, 0.3) is 0 Å². The molecule has 0 radical (unpaired) electrons. The van der Waals surface area contributed by atoms with Crippen molar-refractivity contribution >= 4 is 5.91 Å². The summed E-state index contributed by atoms with van der Waals surface area (Å²) in [5.74, 6) is 0.897. The number of hydrogen-bond acceptors (Lipinski definition) is 3. The minimum atomic E-state index is -0.506. The third-order valence-corrected chi connectivity index (χ3v) is 5.62. The van der Waals surface area contributed by atoms with Crippen LogP contribution in [-0.4, -0.2) is 33.5 Å². The van der Waals surface area contributed by atoms with Gasteiger partial charge in [-0.25, -0.2) is 0 Å². The fraction of sp³-hybridized carbons (Fsp3) is 0.739. The van der Waals surface area contributed by atoms with E-state index in [1.54, 1.807) is 6.20 Å². The number of rotatable bonds is 12. The Hall–Kier alpha value is -1.42. The van der Waals surface area contributed by atoms with Crippen LogP contribution < -0.4 is 0 Å². The topological polar surface area (TPSA) is 53.4 Å². The van der Waals surface area contributed by atoms with Crippen LogP contribution in [0.1, 0.15) is 96.1 Å². The van der Waals surface area contributed by atoms with E-state index in [1.165, 1.54) is 32.1 Å². The van der Waals surface area contributed by atoms with Crippen molar-refractivity contribution in [1.29, 1.82) is 0 Å². The van der Waals surface area contributed by atoms with Crippen molar-refractivity contribution in [1.82, 2.24) is 9.88 Å². The fourth-order valence-corrected chi connectivity index (χ4v) is 4.05. The zero-order valence-electron chi connectivity index (χ0n) is 17.3. The zero-order chi connectivity index (χ0) is 19.5. The van der Waals surface area contributed by atoms with Crippen LogP contribution in [0.15, 0.2) is 24.5 Å². The second-order valence-corrected chi connectivity index (χ2v) is 8.48. The molecule has 2 rings (SSSR count). The fourth-order valence-electron chi connectivity index (χ4n) is 4.05. The molecule has 4 nitrogen and oxygen atoms in total. The van der Waals surface area contributed by atoms with Crippen molar-refractivity contribution in [2.24, 2.45) is 5.92 Å². The molecule has 0 aromatic carbocycles. The molecule has 152 valence electrons. The summed E-state index contributed by atoms with van der Waals surface area (Å²) in [5.41, 5.74) is 1.11. The molecule has 0 spiro atoms. The molecule has 4 heteroatoms. The lowest BCUT2D eigenvalue weighted by Gasteiger charge is -2.26. The molecule has 1 amide bonds. The highest BCUT2D eigenvalue weighted by molar-refractivity contribution is 5.77. The van der Waals surface area contributed by atoms with E-state index in [9.17, 15) is 9.90 Å². The number of carbonyl (C=O) groups is 1. The maximum Gasteiger partial charge on any atom is 0.225 e. The van der Waals surface area contributed by atoms with E-state index in [0.29, 0.717) is 0 Å². The average molecular weight is 375 g/mol. The molecule has 1 fully saturated rings. The minimum Gasteiger partial charge on any atom is -0.393 e. The number of amides is 1. The Morgan fingerprint density at radius 2 is 1.89 bits per heavy atom. The molecule has 1 aromatic rings. The quantitative estimate of drug-likeness (QED) is 0.507. The van der Waals surface area contributed by atoms with Gasteiger partial charge in [0.2, 0.25) is 5.91 Å². The first-order valence-corrected chi connectivity index (χ1v) is 11.0. The maximum absolute atomic E-state index is 12.6. The van der Waals surface area contributed by atoms with Gasteiger partial charge in [-0.15, -0.1) is 0 Å². The average Bonchev–Trinajstić information content (AvgIpc) is 3.14. The number of pyridine rings is 1. The van der Waals surface area contributed by atoms with Gasteiger partial charge in [-0.3, -0.25) is 9.78 Å². The van der Waals surface area contributed by atoms with Crippen molar-refractivity contribution in [3.05, 3.63) is 30.1 Å². The van der Waals surface area contributed by atoms with Crippen LogP contribution in [0.5, 0.6) is 0 Å². The Bertz CT molecular complexity index is 532. The van der Waals surface area contributed by atoms with E-state index in [4.69, 9.17) is 0 Å². The zero-order valence-corrected chi connectivity index (χ0v) is 17.3. The lowest BCUT2D eigenvalue weighted by atomic mass is 10.0. The number of aliphatic hydroxyl groups is 1. The molecular formula is C23H38N2O2. The smallest absolute Gasteiger partial charge is 0.225 e. The van der Waals surface area contributed by atoms with Crippen LogP contribution >= 0.6 is 0 Å². The van der Waals surface area contributed by atoms with E-state index in [2.05, 4.69) is 18.8 Å². The van der Waals surface area contributed by atoms with Crippen molar-refractivity contribution < 1.29 is 9.90 Å². The Kier molecular flexibility index (Phi) is 9.82. The predicted molar refractivity (Wildman–Crippen MR) is 110 cm³/mol. The molecule has 1 aliphatic rings. The van der Waals surface area contributed by atoms with Crippen molar-refractivity contribution in [2.45, 2.75) is 96.6 Å².